The number of likely N-dealkylation sites (tertiary alicyclic amines) is 1. The number of piperidine rings is 1. The highest BCUT2D eigenvalue weighted by Gasteiger charge is 2.17. The average Bonchev–Trinajstić information content (AvgIpc) is 2.80. The first-order chi connectivity index (χ1) is 8.78. The van der Waals surface area contributed by atoms with Crippen molar-refractivity contribution in [3.63, 3.8) is 0 Å². The molecule has 98 valence electrons. The Hall–Kier alpha value is -0.860. The molecule has 1 aliphatic rings. The van der Waals surface area contributed by atoms with E-state index in [0.717, 1.165) is 37.4 Å². The lowest BCUT2D eigenvalue weighted by Crippen LogP contribution is -2.35. The molecule has 0 bridgehead atoms. The second-order valence-corrected chi connectivity index (χ2v) is 5.72. The second-order valence-electron chi connectivity index (χ2n) is 4.55. The molecule has 1 aromatic heterocycles. The molecule has 0 saturated carbocycles. The Bertz CT molecular complexity index is 424. The van der Waals surface area contributed by atoms with Gasteiger partial charge in [0.2, 0.25) is 0 Å². The summed E-state index contributed by atoms with van der Waals surface area (Å²) in [5.41, 5.74) is 0. The predicted octanol–water partition coefficient (Wildman–Crippen LogP) is 1.44. The summed E-state index contributed by atoms with van der Waals surface area (Å²) in [4.78, 5) is 4.76. The van der Waals surface area contributed by atoms with E-state index >= 15 is 0 Å². The maximum Gasteiger partial charge on any atom is 0.0771 e. The zero-order valence-corrected chi connectivity index (χ0v) is 11.2. The van der Waals surface area contributed by atoms with Crippen molar-refractivity contribution in [2.24, 2.45) is 0 Å². The van der Waals surface area contributed by atoms with Crippen LogP contribution in [-0.2, 0) is 6.54 Å². The van der Waals surface area contributed by atoms with Gasteiger partial charge in [-0.25, -0.2) is 0 Å². The summed E-state index contributed by atoms with van der Waals surface area (Å²) >= 11 is 1.72. The molecule has 0 atom stereocenters. The fourth-order valence-electron chi connectivity index (χ4n) is 2.03. The van der Waals surface area contributed by atoms with Crippen molar-refractivity contribution in [2.75, 3.05) is 19.7 Å². The number of hydrogen-bond acceptors (Lipinski definition) is 4. The lowest BCUT2D eigenvalue weighted by Gasteiger charge is -2.28. The number of aliphatic hydroxyl groups excluding tert-OH is 2. The molecule has 1 aromatic rings. The van der Waals surface area contributed by atoms with Gasteiger partial charge in [-0.05, 0) is 25.0 Å². The average molecular weight is 265 g/mol. The van der Waals surface area contributed by atoms with Crippen LogP contribution in [0.1, 0.15) is 29.0 Å². The molecule has 2 N–H and O–H groups in total. The summed E-state index contributed by atoms with van der Waals surface area (Å²) in [5, 5.41) is 18.1. The molecular formula is C14H19NO2S. The van der Waals surface area contributed by atoms with E-state index in [1.54, 1.807) is 11.3 Å². The van der Waals surface area contributed by atoms with Crippen LogP contribution in [0, 0.1) is 11.8 Å². The Kier molecular flexibility index (Phi) is 5.21. The van der Waals surface area contributed by atoms with Gasteiger partial charge in [0.15, 0.2) is 0 Å². The molecule has 2 heterocycles. The monoisotopic (exact) mass is 265 g/mol. The summed E-state index contributed by atoms with van der Waals surface area (Å²) < 4.78 is 0. The van der Waals surface area contributed by atoms with Crippen LogP contribution in [-0.4, -0.2) is 40.9 Å². The third-order valence-electron chi connectivity index (χ3n) is 3.05. The van der Waals surface area contributed by atoms with Gasteiger partial charge >= 0.3 is 0 Å². The highest BCUT2D eigenvalue weighted by atomic mass is 32.1. The Morgan fingerprint density at radius 1 is 1.33 bits per heavy atom. The zero-order chi connectivity index (χ0) is 12.8. The van der Waals surface area contributed by atoms with Crippen LogP contribution in [0.4, 0.5) is 0 Å². The number of rotatable bonds is 3. The van der Waals surface area contributed by atoms with Crippen LogP contribution in [0.25, 0.3) is 0 Å². The van der Waals surface area contributed by atoms with Crippen LogP contribution in [0.15, 0.2) is 12.1 Å². The molecule has 0 aliphatic carbocycles. The topological polar surface area (TPSA) is 43.7 Å². The number of nitrogens with zero attached hydrogens (tertiary/aromatic N) is 1. The second kappa shape index (κ2) is 6.91. The van der Waals surface area contributed by atoms with Crippen LogP contribution >= 0.6 is 11.3 Å². The maximum absolute atomic E-state index is 9.45. The fourth-order valence-corrected chi connectivity index (χ4v) is 2.96. The van der Waals surface area contributed by atoms with Gasteiger partial charge in [0, 0.05) is 30.9 Å². The minimum Gasteiger partial charge on any atom is -0.395 e. The molecule has 2 rings (SSSR count). The van der Waals surface area contributed by atoms with Crippen molar-refractivity contribution >= 4 is 11.3 Å². The first-order valence-electron chi connectivity index (χ1n) is 6.37. The number of hydrogen-bond donors (Lipinski definition) is 2. The lowest BCUT2D eigenvalue weighted by molar-refractivity contribution is 0.0797. The lowest BCUT2D eigenvalue weighted by atomic mass is 10.1. The fraction of sp³-hybridized carbons (Fsp3) is 0.571. The normalized spacial score (nSPS) is 17.4. The summed E-state index contributed by atoms with van der Waals surface area (Å²) in [7, 11) is 0. The van der Waals surface area contributed by atoms with Crippen LogP contribution < -0.4 is 0 Å². The minimum atomic E-state index is -0.107. The SMILES string of the molecule is OCCC#Cc1ccc(CN2CCC(O)CC2)s1. The summed E-state index contributed by atoms with van der Waals surface area (Å²) in [6, 6.07) is 4.17. The Morgan fingerprint density at radius 3 is 2.83 bits per heavy atom. The quantitative estimate of drug-likeness (QED) is 0.813. The minimum absolute atomic E-state index is 0.107. The molecule has 18 heavy (non-hydrogen) atoms. The number of aliphatic hydroxyl groups is 2. The van der Waals surface area contributed by atoms with E-state index in [2.05, 4.69) is 22.8 Å². The van der Waals surface area contributed by atoms with E-state index in [1.807, 2.05) is 6.07 Å². The molecule has 1 fully saturated rings. The van der Waals surface area contributed by atoms with Crippen LogP contribution in [0.2, 0.25) is 0 Å². The maximum atomic E-state index is 9.45. The van der Waals surface area contributed by atoms with E-state index in [9.17, 15) is 5.11 Å². The van der Waals surface area contributed by atoms with Crippen molar-refractivity contribution in [1.29, 1.82) is 0 Å². The van der Waals surface area contributed by atoms with Gasteiger partial charge in [-0.1, -0.05) is 11.8 Å². The van der Waals surface area contributed by atoms with Gasteiger partial charge < -0.3 is 10.2 Å². The van der Waals surface area contributed by atoms with Crippen molar-refractivity contribution in [3.05, 3.63) is 21.9 Å². The van der Waals surface area contributed by atoms with Crippen molar-refractivity contribution in [3.8, 4) is 11.8 Å². The van der Waals surface area contributed by atoms with E-state index in [4.69, 9.17) is 5.11 Å². The van der Waals surface area contributed by atoms with Crippen molar-refractivity contribution in [1.82, 2.24) is 4.90 Å². The van der Waals surface area contributed by atoms with Gasteiger partial charge in [0.05, 0.1) is 17.6 Å². The van der Waals surface area contributed by atoms with E-state index in [0.29, 0.717) is 6.42 Å². The van der Waals surface area contributed by atoms with E-state index in [1.165, 1.54) is 4.88 Å². The van der Waals surface area contributed by atoms with E-state index in [-0.39, 0.29) is 12.7 Å². The highest BCUT2D eigenvalue weighted by molar-refractivity contribution is 7.12. The Balaban J connectivity index is 1.85. The molecule has 1 saturated heterocycles. The molecular weight excluding hydrogens is 246 g/mol. The van der Waals surface area contributed by atoms with Gasteiger partial charge in [0.25, 0.3) is 0 Å². The molecule has 0 unspecified atom stereocenters. The van der Waals surface area contributed by atoms with Gasteiger partial charge in [-0.15, -0.1) is 11.3 Å². The first-order valence-corrected chi connectivity index (χ1v) is 7.18. The van der Waals surface area contributed by atoms with E-state index < -0.39 is 0 Å². The zero-order valence-electron chi connectivity index (χ0n) is 10.4. The molecule has 0 amide bonds. The Labute approximate surface area is 112 Å². The summed E-state index contributed by atoms with van der Waals surface area (Å²) in [5.74, 6) is 6.00. The molecule has 3 nitrogen and oxygen atoms in total. The third kappa shape index (κ3) is 4.11. The molecule has 1 aliphatic heterocycles. The summed E-state index contributed by atoms with van der Waals surface area (Å²) in [6.45, 7) is 3.04. The van der Waals surface area contributed by atoms with Crippen LogP contribution in [0.5, 0.6) is 0 Å². The summed E-state index contributed by atoms with van der Waals surface area (Å²) in [6.07, 6.45) is 2.20. The predicted molar refractivity (Wildman–Crippen MR) is 73.4 cm³/mol. The van der Waals surface area contributed by atoms with Gasteiger partial charge in [-0.3, -0.25) is 4.90 Å². The van der Waals surface area contributed by atoms with Crippen molar-refractivity contribution in [2.45, 2.75) is 31.9 Å². The third-order valence-corrected chi connectivity index (χ3v) is 4.03. The Morgan fingerprint density at radius 2 is 2.11 bits per heavy atom. The number of thiophene rings is 1. The first kappa shape index (κ1) is 13.6. The van der Waals surface area contributed by atoms with Crippen LogP contribution in [0.3, 0.4) is 0 Å². The van der Waals surface area contributed by atoms with Gasteiger partial charge in [-0.2, -0.15) is 0 Å². The smallest absolute Gasteiger partial charge is 0.0771 e. The van der Waals surface area contributed by atoms with Gasteiger partial charge in [0.1, 0.15) is 0 Å². The molecule has 0 spiro atoms. The molecule has 0 aromatic carbocycles. The molecule has 4 heteroatoms. The molecule has 0 radical (unpaired) electrons. The van der Waals surface area contributed by atoms with Crippen molar-refractivity contribution < 1.29 is 10.2 Å². The standard InChI is InChI=1S/C14H19NO2S/c16-10-2-1-3-13-4-5-14(18-13)11-15-8-6-12(17)7-9-15/h4-5,12,16-17H,2,6-11H2. The largest absolute Gasteiger partial charge is 0.395 e. The highest BCUT2D eigenvalue weighted by Crippen LogP contribution is 2.20.